The van der Waals surface area contributed by atoms with E-state index in [-0.39, 0.29) is 10.8 Å². The van der Waals surface area contributed by atoms with Crippen LogP contribution < -0.4 is 0 Å². The minimum Gasteiger partial charge on any atom is -0.309 e. The molecule has 2 heterocycles. The molecule has 2 atom stereocenters. The first-order valence-corrected chi connectivity index (χ1v) is 15.5. The van der Waals surface area contributed by atoms with Crippen LogP contribution in [-0.4, -0.2) is 14.8 Å². The van der Waals surface area contributed by atoms with E-state index in [9.17, 15) is 0 Å². The van der Waals surface area contributed by atoms with Gasteiger partial charge in [0, 0.05) is 22.0 Å². The summed E-state index contributed by atoms with van der Waals surface area (Å²) >= 11 is 1.63. The van der Waals surface area contributed by atoms with Crippen molar-refractivity contribution in [2.45, 2.75) is 49.4 Å². The van der Waals surface area contributed by atoms with E-state index in [0.717, 1.165) is 16.8 Å². The van der Waals surface area contributed by atoms with Gasteiger partial charge in [0.1, 0.15) is 10.5 Å². The fourth-order valence-corrected chi connectivity index (χ4v) is 9.95. The van der Waals surface area contributed by atoms with Gasteiger partial charge < -0.3 is 4.57 Å². The van der Waals surface area contributed by atoms with Gasteiger partial charge in [-0.1, -0.05) is 78.1 Å². The Morgan fingerprint density at radius 1 is 0.675 bits per heavy atom. The molecule has 3 nitrogen and oxygen atoms in total. The molecule has 4 fully saturated rings. The highest BCUT2D eigenvalue weighted by molar-refractivity contribution is 7.12. The third-order valence-corrected chi connectivity index (χ3v) is 11.2. The molecule has 4 aromatic carbocycles. The molecule has 4 aliphatic carbocycles. The van der Waals surface area contributed by atoms with Crippen LogP contribution in [0.4, 0.5) is 0 Å². The zero-order chi connectivity index (χ0) is 26.3. The number of aromatic nitrogens is 3. The Morgan fingerprint density at radius 2 is 1.30 bits per heavy atom. The number of hydrogen-bond acceptors (Lipinski definition) is 3. The van der Waals surface area contributed by atoms with Gasteiger partial charge in [0.15, 0.2) is 0 Å². The van der Waals surface area contributed by atoms with Crippen molar-refractivity contribution in [2.75, 3.05) is 0 Å². The second-order valence-corrected chi connectivity index (χ2v) is 13.6. The highest BCUT2D eigenvalue weighted by atomic mass is 32.1. The molecule has 4 bridgehead atoms. The molecule has 0 aliphatic heterocycles. The van der Waals surface area contributed by atoms with Crippen molar-refractivity contribution in [3.05, 3.63) is 114 Å². The van der Waals surface area contributed by atoms with Crippen molar-refractivity contribution in [2.24, 2.45) is 11.8 Å². The van der Waals surface area contributed by atoms with Crippen LogP contribution in [0.5, 0.6) is 0 Å². The van der Waals surface area contributed by atoms with Crippen molar-refractivity contribution in [3.63, 3.8) is 0 Å². The molecule has 4 heteroatoms. The molecular weight excluding hydrogens is 506 g/mol. The molecule has 4 saturated carbocycles. The van der Waals surface area contributed by atoms with Crippen LogP contribution in [0.25, 0.3) is 38.1 Å². The van der Waals surface area contributed by atoms with Gasteiger partial charge in [-0.3, -0.25) is 0 Å². The standard InChI is InChI=1S/C36H31N3S/c1-3-13-32-30(11-1)31-12-2-4-14-33(31)39(32)29-10-6-9-28(17-29)36-20-24-15-25(21-36)19-35(18-24,22-36)27-8-5-7-26(16-27)34-38-37-23-40-34/h1-14,16-17,23-25H,15,18-22H2. The van der Waals surface area contributed by atoms with E-state index in [2.05, 4.69) is 112 Å². The van der Waals surface area contributed by atoms with Gasteiger partial charge in [-0.15, -0.1) is 10.2 Å². The van der Waals surface area contributed by atoms with Crippen LogP contribution in [0.1, 0.15) is 49.7 Å². The normalized spacial score (nSPS) is 27.1. The van der Waals surface area contributed by atoms with Gasteiger partial charge in [0.2, 0.25) is 0 Å². The summed E-state index contributed by atoms with van der Waals surface area (Å²) < 4.78 is 2.48. The van der Waals surface area contributed by atoms with Crippen LogP contribution in [0, 0.1) is 11.8 Å². The maximum atomic E-state index is 4.38. The summed E-state index contributed by atoms with van der Waals surface area (Å²) in [5, 5.41) is 12.2. The molecule has 196 valence electrons. The van der Waals surface area contributed by atoms with Crippen molar-refractivity contribution in [1.82, 2.24) is 14.8 Å². The quantitative estimate of drug-likeness (QED) is 0.224. The minimum atomic E-state index is 0.248. The third-order valence-electron chi connectivity index (χ3n) is 10.4. The first kappa shape index (κ1) is 23.0. The molecule has 40 heavy (non-hydrogen) atoms. The third kappa shape index (κ3) is 3.29. The lowest BCUT2D eigenvalue weighted by Gasteiger charge is -2.63. The molecule has 0 spiro atoms. The summed E-state index contributed by atoms with van der Waals surface area (Å²) in [5.74, 6) is 1.62. The summed E-state index contributed by atoms with van der Waals surface area (Å²) in [6.07, 6.45) is 7.99. The summed E-state index contributed by atoms with van der Waals surface area (Å²) in [6, 6.07) is 36.6. The van der Waals surface area contributed by atoms with Crippen molar-refractivity contribution in [3.8, 4) is 16.3 Å². The molecule has 4 aliphatic rings. The highest BCUT2D eigenvalue weighted by Crippen LogP contribution is 2.66. The Labute approximate surface area is 238 Å². The zero-order valence-electron chi connectivity index (χ0n) is 22.5. The second kappa shape index (κ2) is 8.37. The van der Waals surface area contributed by atoms with E-state index >= 15 is 0 Å². The molecule has 2 aromatic heterocycles. The van der Waals surface area contributed by atoms with E-state index < -0.39 is 0 Å². The van der Waals surface area contributed by atoms with Crippen LogP contribution >= 0.6 is 11.3 Å². The lowest BCUT2D eigenvalue weighted by Crippen LogP contribution is -2.55. The monoisotopic (exact) mass is 537 g/mol. The van der Waals surface area contributed by atoms with E-state index in [1.807, 2.05) is 5.51 Å². The first-order chi connectivity index (χ1) is 19.7. The number of rotatable bonds is 4. The van der Waals surface area contributed by atoms with E-state index in [4.69, 9.17) is 0 Å². The van der Waals surface area contributed by atoms with Gasteiger partial charge in [-0.2, -0.15) is 0 Å². The summed E-state index contributed by atoms with van der Waals surface area (Å²) in [6.45, 7) is 0. The Hall–Kier alpha value is -3.76. The van der Waals surface area contributed by atoms with Crippen LogP contribution in [-0.2, 0) is 10.8 Å². The Bertz CT molecular complexity index is 1830. The minimum absolute atomic E-state index is 0.248. The molecular formula is C36H31N3S. The first-order valence-electron chi connectivity index (χ1n) is 14.7. The topological polar surface area (TPSA) is 30.7 Å². The zero-order valence-corrected chi connectivity index (χ0v) is 23.3. The predicted octanol–water partition coefficient (Wildman–Crippen LogP) is 9.09. The van der Waals surface area contributed by atoms with Crippen LogP contribution in [0.2, 0.25) is 0 Å². The van der Waals surface area contributed by atoms with Gasteiger partial charge in [-0.05, 0) is 103 Å². The number of nitrogens with zero attached hydrogens (tertiary/aromatic N) is 3. The fourth-order valence-electron chi connectivity index (χ4n) is 9.39. The second-order valence-electron chi connectivity index (χ2n) is 12.8. The SMILES string of the molecule is c1cc(-c2nncs2)cc(C23CC4CC(C2)CC(c2cccc(-n5c6ccccc6c6ccccc65)c2)(C4)C3)c1. The average molecular weight is 538 g/mol. The molecule has 0 saturated heterocycles. The Morgan fingerprint density at radius 3 is 1.95 bits per heavy atom. The van der Waals surface area contributed by atoms with E-state index in [1.54, 1.807) is 16.9 Å². The lowest BCUT2D eigenvalue weighted by atomic mass is 9.41. The predicted molar refractivity (Wildman–Crippen MR) is 164 cm³/mol. The molecule has 2 unspecified atom stereocenters. The lowest BCUT2D eigenvalue weighted by molar-refractivity contribution is -0.0281. The summed E-state index contributed by atoms with van der Waals surface area (Å²) in [7, 11) is 0. The number of hydrogen-bond donors (Lipinski definition) is 0. The number of benzene rings is 4. The van der Waals surface area contributed by atoms with Crippen molar-refractivity contribution >= 4 is 33.1 Å². The summed E-state index contributed by atoms with van der Waals surface area (Å²) in [4.78, 5) is 0. The van der Waals surface area contributed by atoms with Gasteiger partial charge in [-0.25, -0.2) is 0 Å². The van der Waals surface area contributed by atoms with Crippen LogP contribution in [0.3, 0.4) is 0 Å². The Balaban J connectivity index is 1.17. The maximum absolute atomic E-state index is 4.38. The van der Waals surface area contributed by atoms with Crippen molar-refractivity contribution < 1.29 is 0 Å². The maximum Gasteiger partial charge on any atom is 0.147 e. The Kier molecular flexibility index (Phi) is 4.81. The molecule has 0 radical (unpaired) electrons. The molecule has 6 aromatic rings. The number of fused-ring (bicyclic) bond motifs is 3. The number of para-hydroxylation sites is 2. The summed E-state index contributed by atoms with van der Waals surface area (Å²) in [5.41, 5.74) is 10.5. The fraction of sp³-hybridized carbons (Fsp3) is 0.278. The van der Waals surface area contributed by atoms with Gasteiger partial charge in [0.05, 0.1) is 11.0 Å². The van der Waals surface area contributed by atoms with E-state index in [1.165, 1.54) is 77.1 Å². The average Bonchev–Trinajstić information content (AvgIpc) is 3.64. The molecule has 10 rings (SSSR count). The highest BCUT2D eigenvalue weighted by Gasteiger charge is 2.58. The molecule has 0 N–H and O–H groups in total. The van der Waals surface area contributed by atoms with Crippen molar-refractivity contribution in [1.29, 1.82) is 0 Å². The van der Waals surface area contributed by atoms with E-state index in [0.29, 0.717) is 0 Å². The molecule has 0 amide bonds. The van der Waals surface area contributed by atoms with Gasteiger partial charge in [0.25, 0.3) is 0 Å². The smallest absolute Gasteiger partial charge is 0.147 e. The van der Waals surface area contributed by atoms with Gasteiger partial charge >= 0.3 is 0 Å². The van der Waals surface area contributed by atoms with Crippen LogP contribution in [0.15, 0.2) is 103 Å². The largest absolute Gasteiger partial charge is 0.309 e.